The molecule has 0 spiro atoms. The second kappa shape index (κ2) is 14.5. The average molecular weight is 647 g/mol. The number of nitrogens with one attached hydrogen (secondary N) is 3. The van der Waals surface area contributed by atoms with Gasteiger partial charge in [-0.25, -0.2) is 0 Å². The maximum absolute atomic E-state index is 13.4. The molecular weight excluding hydrogens is 604 g/mol. The molecule has 15 heteroatoms. The summed E-state index contributed by atoms with van der Waals surface area (Å²) in [6, 6.07) is 6.91. The molecule has 0 radical (unpaired) electrons. The first-order valence-corrected chi connectivity index (χ1v) is 15.4. The minimum Gasteiger partial charge on any atom is -0.423 e. The molecule has 2 aliphatic rings. The highest BCUT2D eigenvalue weighted by Gasteiger charge is 2.40. The molecule has 10 N–H and O–H groups in total. The van der Waals surface area contributed by atoms with Crippen molar-refractivity contribution in [3.8, 4) is 0 Å². The van der Waals surface area contributed by atoms with Gasteiger partial charge in [0.05, 0.1) is 17.2 Å². The highest BCUT2D eigenvalue weighted by atomic mass is 19.4. The van der Waals surface area contributed by atoms with Crippen LogP contribution in [0.25, 0.3) is 0 Å². The van der Waals surface area contributed by atoms with Crippen LogP contribution in [0.1, 0.15) is 69.1 Å². The zero-order valence-electron chi connectivity index (χ0n) is 25.9. The highest BCUT2D eigenvalue weighted by molar-refractivity contribution is 6.62. The molecule has 0 saturated heterocycles. The number of alkyl halides is 3. The van der Waals surface area contributed by atoms with E-state index in [4.69, 9.17) is 21.9 Å². The Kier molecular flexibility index (Phi) is 11.2. The number of aryl methyl sites for hydroxylation is 1. The number of anilines is 1. The second-order valence-corrected chi connectivity index (χ2v) is 12.7. The largest absolute Gasteiger partial charge is 0.492 e. The first-order valence-electron chi connectivity index (χ1n) is 15.4. The van der Waals surface area contributed by atoms with Crippen LogP contribution in [0.2, 0.25) is 0 Å². The molecule has 3 amide bonds. The van der Waals surface area contributed by atoms with Crippen LogP contribution in [-0.2, 0) is 37.2 Å². The van der Waals surface area contributed by atoms with Crippen LogP contribution < -0.4 is 38.6 Å². The van der Waals surface area contributed by atoms with Gasteiger partial charge in [0.25, 0.3) is 0 Å². The number of nitrogens with two attached hydrogens (primary N) is 3. The van der Waals surface area contributed by atoms with Crippen LogP contribution in [0.5, 0.6) is 0 Å². The minimum absolute atomic E-state index is 0.00817. The van der Waals surface area contributed by atoms with Crippen LogP contribution in [0, 0.1) is 0 Å². The standard InChI is InChI=1S/C31H42BF3N6O5/c1-30(2)23-9-8-21(16-24(23)32(45)46-30)40-29(44)26(11-5-17-3-6-18(7-4-17)31(33,34)35)41-28(43)25(38)10-12-27(42)39-22-14-19(36)13-20(37)15-22/h3-4,6-9,16,19-20,22,25-26,45H,5,10-15,36-38H2,1-2H3,(H,39,42)(H,40,44)(H,41,43). The summed E-state index contributed by atoms with van der Waals surface area (Å²) in [5.74, 6) is -1.55. The molecule has 0 aromatic heterocycles. The van der Waals surface area contributed by atoms with Gasteiger partial charge < -0.3 is 42.8 Å². The molecular formula is C31H42BF3N6O5. The Labute approximate surface area is 266 Å². The SMILES string of the molecule is CC1(C)OB(O)c2cc(NC(=O)C(CCc3ccc(C(F)(F)F)cc3)NC(=O)C(N)CCC(=O)NC3CC(N)CC(N)C3)ccc21. The molecule has 11 nitrogen and oxygen atoms in total. The lowest BCUT2D eigenvalue weighted by molar-refractivity contribution is -0.137. The summed E-state index contributed by atoms with van der Waals surface area (Å²) in [6.45, 7) is 3.61. The van der Waals surface area contributed by atoms with Crippen molar-refractivity contribution in [1.82, 2.24) is 10.6 Å². The molecule has 46 heavy (non-hydrogen) atoms. The number of benzene rings is 2. The Hall–Kier alpha value is -3.50. The van der Waals surface area contributed by atoms with Crippen molar-refractivity contribution in [2.24, 2.45) is 17.2 Å². The van der Waals surface area contributed by atoms with Crippen molar-refractivity contribution < 1.29 is 37.2 Å². The van der Waals surface area contributed by atoms with Gasteiger partial charge in [-0.15, -0.1) is 0 Å². The fourth-order valence-corrected chi connectivity index (χ4v) is 5.99. The third-order valence-electron chi connectivity index (χ3n) is 8.44. The maximum Gasteiger partial charge on any atom is 0.492 e. The number of hydrogen-bond acceptors (Lipinski definition) is 8. The molecule has 1 heterocycles. The van der Waals surface area contributed by atoms with Crippen LogP contribution >= 0.6 is 0 Å². The van der Waals surface area contributed by atoms with E-state index in [-0.39, 0.29) is 49.7 Å². The van der Waals surface area contributed by atoms with Gasteiger partial charge in [-0.3, -0.25) is 14.4 Å². The van der Waals surface area contributed by atoms with Gasteiger partial charge in [-0.05, 0) is 93.2 Å². The quantitative estimate of drug-likeness (QED) is 0.177. The smallest absolute Gasteiger partial charge is 0.423 e. The Morgan fingerprint density at radius 3 is 2.30 bits per heavy atom. The number of carbonyl (C=O) groups excluding carboxylic acids is 3. The number of rotatable bonds is 11. The zero-order valence-corrected chi connectivity index (χ0v) is 25.9. The molecule has 1 aliphatic carbocycles. The summed E-state index contributed by atoms with van der Waals surface area (Å²) in [5.41, 5.74) is 18.7. The second-order valence-electron chi connectivity index (χ2n) is 12.7. The number of halogens is 3. The van der Waals surface area contributed by atoms with Crippen LogP contribution in [-0.4, -0.2) is 60.1 Å². The predicted molar refractivity (Wildman–Crippen MR) is 167 cm³/mol. The van der Waals surface area contributed by atoms with Gasteiger partial charge in [-0.2, -0.15) is 13.2 Å². The Morgan fingerprint density at radius 2 is 1.67 bits per heavy atom. The van der Waals surface area contributed by atoms with Crippen molar-refractivity contribution in [3.63, 3.8) is 0 Å². The molecule has 0 bridgehead atoms. The Morgan fingerprint density at radius 1 is 1.02 bits per heavy atom. The topological polar surface area (TPSA) is 195 Å². The lowest BCUT2D eigenvalue weighted by Gasteiger charge is -2.31. The first kappa shape index (κ1) is 35.4. The molecule has 250 valence electrons. The van der Waals surface area contributed by atoms with Gasteiger partial charge >= 0.3 is 13.3 Å². The number of carbonyl (C=O) groups is 3. The van der Waals surface area contributed by atoms with E-state index in [2.05, 4.69) is 16.0 Å². The van der Waals surface area contributed by atoms with Gasteiger partial charge in [0.2, 0.25) is 17.7 Å². The summed E-state index contributed by atoms with van der Waals surface area (Å²) in [7, 11) is -1.18. The molecule has 1 saturated carbocycles. The van der Waals surface area contributed by atoms with Gasteiger partial charge in [-0.1, -0.05) is 18.2 Å². The number of amides is 3. The van der Waals surface area contributed by atoms with E-state index < -0.39 is 48.4 Å². The van der Waals surface area contributed by atoms with Gasteiger partial charge in [0, 0.05) is 30.2 Å². The van der Waals surface area contributed by atoms with E-state index in [0.717, 1.165) is 17.7 Å². The fraction of sp³-hybridized carbons (Fsp3) is 0.516. The highest BCUT2D eigenvalue weighted by Crippen LogP contribution is 2.31. The molecule has 4 atom stereocenters. The Bertz CT molecular complexity index is 1400. The van der Waals surface area contributed by atoms with Gasteiger partial charge in [0.15, 0.2) is 0 Å². The summed E-state index contributed by atoms with van der Waals surface area (Å²) in [4.78, 5) is 39.0. The monoisotopic (exact) mass is 646 g/mol. The predicted octanol–water partition coefficient (Wildman–Crippen LogP) is 1.15. The number of fused-ring (bicyclic) bond motifs is 1. The van der Waals surface area contributed by atoms with E-state index >= 15 is 0 Å². The summed E-state index contributed by atoms with van der Waals surface area (Å²) in [6.07, 6.45) is -2.39. The van der Waals surface area contributed by atoms with Crippen molar-refractivity contribution in [3.05, 3.63) is 59.2 Å². The number of hydrogen-bond donors (Lipinski definition) is 7. The van der Waals surface area contributed by atoms with Crippen LogP contribution in [0.3, 0.4) is 0 Å². The normalized spacial score (nSPS) is 22.0. The van der Waals surface area contributed by atoms with Crippen molar-refractivity contribution in [2.45, 2.75) is 101 Å². The molecule has 1 aliphatic heterocycles. The third kappa shape index (κ3) is 9.29. The molecule has 2 aromatic rings. The van der Waals surface area contributed by atoms with Crippen LogP contribution in [0.15, 0.2) is 42.5 Å². The average Bonchev–Trinajstić information content (AvgIpc) is 3.19. The lowest BCUT2D eigenvalue weighted by Crippen LogP contribution is -2.51. The van der Waals surface area contributed by atoms with Crippen molar-refractivity contribution in [2.75, 3.05) is 5.32 Å². The fourth-order valence-electron chi connectivity index (χ4n) is 5.99. The van der Waals surface area contributed by atoms with Crippen molar-refractivity contribution >= 4 is 36.0 Å². The van der Waals surface area contributed by atoms with Gasteiger partial charge in [0.1, 0.15) is 6.04 Å². The zero-order chi connectivity index (χ0) is 33.8. The maximum atomic E-state index is 13.4. The molecule has 4 rings (SSSR count). The third-order valence-corrected chi connectivity index (χ3v) is 8.44. The minimum atomic E-state index is -4.48. The Balaban J connectivity index is 1.40. The van der Waals surface area contributed by atoms with E-state index in [9.17, 15) is 32.6 Å². The summed E-state index contributed by atoms with van der Waals surface area (Å²) in [5, 5.41) is 18.6. The van der Waals surface area contributed by atoms with Crippen LogP contribution in [0.4, 0.5) is 18.9 Å². The lowest BCUT2D eigenvalue weighted by atomic mass is 9.78. The summed E-state index contributed by atoms with van der Waals surface area (Å²) < 4.78 is 44.6. The molecule has 4 unspecified atom stereocenters. The van der Waals surface area contributed by atoms with E-state index in [1.54, 1.807) is 32.0 Å². The van der Waals surface area contributed by atoms with E-state index in [0.29, 0.717) is 36.0 Å². The van der Waals surface area contributed by atoms with Crippen molar-refractivity contribution in [1.29, 1.82) is 0 Å². The van der Waals surface area contributed by atoms with E-state index in [1.807, 2.05) is 0 Å². The molecule has 2 aromatic carbocycles. The van der Waals surface area contributed by atoms with E-state index in [1.165, 1.54) is 12.1 Å². The molecule has 1 fully saturated rings. The first-order chi connectivity index (χ1) is 21.5. The summed E-state index contributed by atoms with van der Waals surface area (Å²) >= 11 is 0.